The number of hydrogen-bond donors (Lipinski definition) is 0. The van der Waals surface area contributed by atoms with E-state index in [1.54, 1.807) is 0 Å². The third-order valence-electron chi connectivity index (χ3n) is 1.32. The Morgan fingerprint density at radius 1 is 1.15 bits per heavy atom. The maximum atomic E-state index is 3.28. The summed E-state index contributed by atoms with van der Waals surface area (Å²) in [5, 5.41) is 1.43. The van der Waals surface area contributed by atoms with Gasteiger partial charge in [0, 0.05) is 0 Å². The van der Waals surface area contributed by atoms with Crippen molar-refractivity contribution in [2.45, 2.75) is 25.5 Å². The fraction of sp³-hybridized carbons (Fsp3) is 0.400. The first-order chi connectivity index (χ1) is 5.99. The standard InChI is InChI=1S/C10H14PSSe/c1-10(2,3)12-11(13)9-7-5-4-6-8-9/h4-8H,1-3H3/q-1. The summed E-state index contributed by atoms with van der Waals surface area (Å²) < 4.78 is 0.340. The molecule has 0 aliphatic rings. The molecule has 0 nitrogen and oxygen atoms in total. The molecule has 1 rings (SSSR count). The van der Waals surface area contributed by atoms with E-state index in [2.05, 4.69) is 66.7 Å². The van der Waals surface area contributed by atoms with Gasteiger partial charge in [-0.3, -0.25) is 0 Å². The molecule has 3 heteroatoms. The van der Waals surface area contributed by atoms with Gasteiger partial charge >= 0.3 is 93.9 Å². The molecule has 1 atom stereocenters. The average Bonchev–Trinajstić information content (AvgIpc) is 2.03. The number of benzene rings is 1. The normalized spacial score (nSPS) is 14.2. The van der Waals surface area contributed by atoms with E-state index >= 15 is 0 Å². The molecule has 0 fully saturated rings. The van der Waals surface area contributed by atoms with Crippen molar-refractivity contribution < 1.29 is 0 Å². The summed E-state index contributed by atoms with van der Waals surface area (Å²) >= 11 is 5.30. The van der Waals surface area contributed by atoms with E-state index in [0.29, 0.717) is 4.75 Å². The van der Waals surface area contributed by atoms with Gasteiger partial charge in [0.15, 0.2) is 0 Å². The van der Waals surface area contributed by atoms with Gasteiger partial charge < -0.3 is 0 Å². The molecule has 0 aliphatic carbocycles. The summed E-state index contributed by atoms with van der Waals surface area (Å²) in [6.07, 6.45) is 0. The van der Waals surface area contributed by atoms with Crippen molar-refractivity contribution in [3.63, 3.8) is 0 Å². The van der Waals surface area contributed by atoms with Gasteiger partial charge in [0.1, 0.15) is 0 Å². The molecule has 0 N–H and O–H groups in total. The van der Waals surface area contributed by atoms with Crippen LogP contribution in [0.15, 0.2) is 30.3 Å². The Hall–Kier alpha value is 0.519. The third kappa shape index (κ3) is 4.51. The summed E-state index contributed by atoms with van der Waals surface area (Å²) in [6, 6.07) is 10.7. The minimum atomic E-state index is -0.172. The quantitative estimate of drug-likeness (QED) is 0.590. The predicted octanol–water partition coefficient (Wildman–Crippen LogP) is 3.32. The molecule has 0 bridgehead atoms. The second kappa shape index (κ2) is 4.84. The van der Waals surface area contributed by atoms with Crippen LogP contribution in [0.5, 0.6) is 0 Å². The number of rotatable bonds is 2. The molecule has 0 amide bonds. The van der Waals surface area contributed by atoms with Crippen LogP contribution in [0, 0.1) is 0 Å². The van der Waals surface area contributed by atoms with Gasteiger partial charge in [-0.25, -0.2) is 0 Å². The van der Waals surface area contributed by atoms with Gasteiger partial charge in [0.2, 0.25) is 0 Å². The van der Waals surface area contributed by atoms with E-state index < -0.39 is 0 Å². The molecule has 0 saturated heterocycles. The Labute approximate surface area is 93.8 Å². The fourth-order valence-corrected chi connectivity index (χ4v) is 9.03. The van der Waals surface area contributed by atoms with Crippen molar-refractivity contribution in [1.82, 2.24) is 0 Å². The van der Waals surface area contributed by atoms with E-state index in [0.717, 1.165) is 0 Å². The monoisotopic (exact) mass is 277 g/mol. The van der Waals surface area contributed by atoms with Crippen LogP contribution in [0.1, 0.15) is 20.8 Å². The summed E-state index contributed by atoms with van der Waals surface area (Å²) in [7, 11) is 0. The molecule has 1 aromatic rings. The summed E-state index contributed by atoms with van der Waals surface area (Å²) in [4.78, 5) is 0. The maximum absolute atomic E-state index is 3.28. The van der Waals surface area contributed by atoms with Crippen LogP contribution in [-0.4, -0.2) is 20.3 Å². The van der Waals surface area contributed by atoms with Gasteiger partial charge in [0.25, 0.3) is 0 Å². The zero-order chi connectivity index (χ0) is 9.90. The van der Waals surface area contributed by atoms with Gasteiger partial charge in [-0.2, -0.15) is 0 Å². The Kier molecular flexibility index (Phi) is 4.32. The van der Waals surface area contributed by atoms with Crippen molar-refractivity contribution in [3.8, 4) is 0 Å². The first-order valence-corrected chi connectivity index (χ1v) is 9.18. The van der Waals surface area contributed by atoms with E-state index in [1.807, 2.05) is 11.4 Å². The summed E-state index contributed by atoms with van der Waals surface area (Å²) in [5.74, 6) is -0.172. The molecule has 0 heterocycles. The predicted molar refractivity (Wildman–Crippen MR) is 66.1 cm³/mol. The van der Waals surface area contributed by atoms with E-state index in [9.17, 15) is 0 Å². The second-order valence-electron chi connectivity index (χ2n) is 3.80. The molecule has 13 heavy (non-hydrogen) atoms. The van der Waals surface area contributed by atoms with Crippen molar-refractivity contribution in [1.29, 1.82) is 0 Å². The van der Waals surface area contributed by atoms with Crippen LogP contribution in [0.4, 0.5) is 0 Å². The average molecular weight is 276 g/mol. The zero-order valence-corrected chi connectivity index (χ0v) is 11.6. The van der Waals surface area contributed by atoms with Crippen LogP contribution in [-0.2, 0) is 0 Å². The minimum absolute atomic E-state index is 0.172. The topological polar surface area (TPSA) is 0 Å². The molecular formula is C10H14PSSe-. The van der Waals surface area contributed by atoms with Crippen molar-refractivity contribution in [2.75, 3.05) is 0 Å². The Balaban J connectivity index is 2.64. The van der Waals surface area contributed by atoms with Crippen LogP contribution < -0.4 is 5.30 Å². The van der Waals surface area contributed by atoms with Crippen molar-refractivity contribution >= 4 is 38.1 Å². The van der Waals surface area contributed by atoms with Crippen molar-refractivity contribution in [3.05, 3.63) is 30.3 Å². The Morgan fingerprint density at radius 2 is 1.69 bits per heavy atom. The molecule has 0 aromatic heterocycles. The van der Waals surface area contributed by atoms with Crippen LogP contribution >= 0.6 is 17.2 Å². The van der Waals surface area contributed by atoms with Gasteiger partial charge in [-0.05, 0) is 0 Å². The van der Waals surface area contributed by atoms with Crippen LogP contribution in [0.25, 0.3) is 0 Å². The van der Waals surface area contributed by atoms with Crippen molar-refractivity contribution in [2.24, 2.45) is 0 Å². The zero-order valence-electron chi connectivity index (χ0n) is 8.15. The third-order valence-corrected chi connectivity index (χ3v) is 8.26. The second-order valence-corrected chi connectivity index (χ2v) is 11.7. The molecular weight excluding hydrogens is 262 g/mol. The summed E-state index contributed by atoms with van der Waals surface area (Å²) in [6.45, 7) is 6.77. The Bertz CT molecular complexity index is 255. The van der Waals surface area contributed by atoms with Gasteiger partial charge in [-0.1, -0.05) is 0 Å². The Morgan fingerprint density at radius 3 is 2.15 bits per heavy atom. The molecule has 1 aromatic carbocycles. The van der Waals surface area contributed by atoms with Gasteiger partial charge in [-0.15, -0.1) is 0 Å². The van der Waals surface area contributed by atoms with E-state index in [4.69, 9.17) is 0 Å². The van der Waals surface area contributed by atoms with E-state index in [1.165, 1.54) is 5.30 Å². The van der Waals surface area contributed by atoms with Gasteiger partial charge in [0.05, 0.1) is 0 Å². The molecule has 0 saturated carbocycles. The van der Waals surface area contributed by atoms with Crippen LogP contribution in [0.3, 0.4) is 0 Å². The first-order valence-electron chi connectivity index (χ1n) is 4.20. The number of hydrogen-bond acceptors (Lipinski definition) is 1. The molecule has 0 aliphatic heterocycles. The fourth-order valence-electron chi connectivity index (χ4n) is 0.851. The van der Waals surface area contributed by atoms with E-state index in [-0.39, 0.29) is 5.81 Å². The molecule has 72 valence electrons. The molecule has 0 spiro atoms. The molecule has 0 radical (unpaired) electrons. The molecule has 1 unspecified atom stereocenters. The van der Waals surface area contributed by atoms with Crippen LogP contribution in [0.2, 0.25) is 0 Å². The first kappa shape index (κ1) is 11.6. The SMILES string of the molecule is CC(C)(C)SP([Se-])c1ccccc1. The summed E-state index contributed by atoms with van der Waals surface area (Å²) in [5.41, 5.74) is 0.